The summed E-state index contributed by atoms with van der Waals surface area (Å²) in [5.74, 6) is -2.37. The van der Waals surface area contributed by atoms with Gasteiger partial charge in [-0.1, -0.05) is 11.8 Å². The smallest absolute Gasteiger partial charge is 0.288 e. The van der Waals surface area contributed by atoms with Gasteiger partial charge in [-0.05, 0) is 31.2 Å². The Bertz CT molecular complexity index is 290. The molecule has 1 atom stereocenters. The van der Waals surface area contributed by atoms with E-state index < -0.39 is 5.76 Å². The summed E-state index contributed by atoms with van der Waals surface area (Å²) in [7, 11) is 0. The maximum atomic E-state index is 12.0. The first-order chi connectivity index (χ1) is 7.11. The lowest BCUT2D eigenvalue weighted by atomic mass is 10.2. The fourth-order valence-electron chi connectivity index (χ4n) is 1.08. The molecule has 0 bridgehead atoms. The zero-order valence-electron chi connectivity index (χ0n) is 8.41. The molecule has 1 aromatic rings. The molecule has 1 aromatic carbocycles. The van der Waals surface area contributed by atoms with Crippen molar-refractivity contribution in [2.24, 2.45) is 5.73 Å². The maximum absolute atomic E-state index is 12.0. The van der Waals surface area contributed by atoms with Crippen LogP contribution < -0.4 is 11.1 Å². The Labute approximate surface area is 92.2 Å². The molecule has 15 heavy (non-hydrogen) atoms. The number of rotatable bonds is 5. The van der Waals surface area contributed by atoms with E-state index in [0.29, 0.717) is 23.2 Å². The SMILES string of the molecule is CC(CN)Nc1ccc(SC(F)F)cc1. The molecule has 0 fully saturated rings. The van der Waals surface area contributed by atoms with Gasteiger partial charge in [0.25, 0.3) is 5.76 Å². The van der Waals surface area contributed by atoms with Crippen LogP contribution >= 0.6 is 11.8 Å². The molecule has 0 heterocycles. The molecule has 3 N–H and O–H groups in total. The van der Waals surface area contributed by atoms with Gasteiger partial charge in [-0.15, -0.1) is 0 Å². The zero-order chi connectivity index (χ0) is 11.3. The lowest BCUT2D eigenvalue weighted by Gasteiger charge is -2.12. The molecule has 0 aliphatic rings. The van der Waals surface area contributed by atoms with Crippen molar-refractivity contribution in [1.29, 1.82) is 0 Å². The fourth-order valence-corrected chi connectivity index (χ4v) is 1.57. The predicted molar refractivity (Wildman–Crippen MR) is 60.4 cm³/mol. The largest absolute Gasteiger partial charge is 0.381 e. The second kappa shape index (κ2) is 5.92. The van der Waals surface area contributed by atoms with Gasteiger partial charge in [0.2, 0.25) is 0 Å². The number of thioether (sulfide) groups is 1. The van der Waals surface area contributed by atoms with Crippen molar-refractivity contribution in [3.05, 3.63) is 24.3 Å². The summed E-state index contributed by atoms with van der Waals surface area (Å²) in [4.78, 5) is 0.566. The first-order valence-electron chi connectivity index (χ1n) is 4.63. The van der Waals surface area contributed by atoms with Crippen molar-refractivity contribution in [2.75, 3.05) is 11.9 Å². The Morgan fingerprint density at radius 2 is 1.93 bits per heavy atom. The highest BCUT2D eigenvalue weighted by Crippen LogP contribution is 2.26. The van der Waals surface area contributed by atoms with Gasteiger partial charge < -0.3 is 11.1 Å². The van der Waals surface area contributed by atoms with Crippen LogP contribution in [0.5, 0.6) is 0 Å². The Morgan fingerprint density at radius 3 is 2.40 bits per heavy atom. The number of nitrogens with two attached hydrogens (primary N) is 1. The summed E-state index contributed by atoms with van der Waals surface area (Å²) in [6.45, 7) is 2.50. The van der Waals surface area contributed by atoms with Crippen LogP contribution in [0.25, 0.3) is 0 Å². The van der Waals surface area contributed by atoms with Gasteiger partial charge in [0, 0.05) is 23.2 Å². The first kappa shape index (κ1) is 12.3. The van der Waals surface area contributed by atoms with Gasteiger partial charge in [0.1, 0.15) is 0 Å². The van der Waals surface area contributed by atoms with Crippen LogP contribution in [0.1, 0.15) is 6.92 Å². The Hall–Kier alpha value is -0.810. The molecule has 5 heteroatoms. The predicted octanol–water partition coefficient (Wildman–Crippen LogP) is 2.76. The van der Waals surface area contributed by atoms with Crippen molar-refractivity contribution in [3.8, 4) is 0 Å². The Morgan fingerprint density at radius 1 is 1.33 bits per heavy atom. The summed E-state index contributed by atoms with van der Waals surface area (Å²) in [6.07, 6.45) is 0. The Kier molecular flexibility index (Phi) is 4.84. The van der Waals surface area contributed by atoms with E-state index in [1.165, 1.54) is 0 Å². The van der Waals surface area contributed by atoms with Crippen LogP contribution in [0.4, 0.5) is 14.5 Å². The van der Waals surface area contributed by atoms with Gasteiger partial charge in [-0.25, -0.2) is 0 Å². The molecule has 0 aliphatic carbocycles. The van der Waals surface area contributed by atoms with Crippen LogP contribution in [0, 0.1) is 0 Å². The molecular formula is C10H14F2N2S. The van der Waals surface area contributed by atoms with E-state index in [2.05, 4.69) is 5.32 Å². The fraction of sp³-hybridized carbons (Fsp3) is 0.400. The van der Waals surface area contributed by atoms with Crippen LogP contribution in [0.3, 0.4) is 0 Å². The normalized spacial score (nSPS) is 12.9. The summed E-state index contributed by atoms with van der Waals surface area (Å²) >= 11 is 0.546. The molecule has 1 unspecified atom stereocenters. The van der Waals surface area contributed by atoms with E-state index >= 15 is 0 Å². The highest BCUT2D eigenvalue weighted by molar-refractivity contribution is 7.99. The number of benzene rings is 1. The quantitative estimate of drug-likeness (QED) is 0.767. The number of hydrogen-bond acceptors (Lipinski definition) is 3. The molecule has 0 spiro atoms. The minimum Gasteiger partial charge on any atom is -0.381 e. The average Bonchev–Trinajstić information content (AvgIpc) is 2.20. The Balaban J connectivity index is 2.56. The standard InChI is InChI=1S/C10H14F2N2S/c1-7(6-13)14-8-2-4-9(5-3-8)15-10(11)12/h2-5,7,10,14H,6,13H2,1H3. The average molecular weight is 232 g/mol. The zero-order valence-corrected chi connectivity index (χ0v) is 9.23. The molecule has 2 nitrogen and oxygen atoms in total. The van der Waals surface area contributed by atoms with Crippen LogP contribution in [0.15, 0.2) is 29.2 Å². The van der Waals surface area contributed by atoms with Gasteiger partial charge in [0.15, 0.2) is 0 Å². The molecule has 0 saturated heterocycles. The van der Waals surface area contributed by atoms with E-state index in [9.17, 15) is 8.78 Å². The number of nitrogens with one attached hydrogen (secondary N) is 1. The summed E-state index contributed by atoms with van der Waals surface area (Å²) in [6, 6.07) is 7.07. The highest BCUT2D eigenvalue weighted by atomic mass is 32.2. The highest BCUT2D eigenvalue weighted by Gasteiger charge is 2.05. The van der Waals surface area contributed by atoms with E-state index in [0.717, 1.165) is 5.69 Å². The van der Waals surface area contributed by atoms with Gasteiger partial charge >= 0.3 is 0 Å². The molecular weight excluding hydrogens is 218 g/mol. The van der Waals surface area contributed by atoms with E-state index in [1.54, 1.807) is 24.3 Å². The molecule has 84 valence electrons. The number of hydrogen-bond donors (Lipinski definition) is 2. The monoisotopic (exact) mass is 232 g/mol. The minimum atomic E-state index is -2.37. The van der Waals surface area contributed by atoms with Gasteiger partial charge in [-0.3, -0.25) is 0 Å². The number of anilines is 1. The van der Waals surface area contributed by atoms with E-state index in [-0.39, 0.29) is 6.04 Å². The number of halogens is 2. The van der Waals surface area contributed by atoms with Crippen molar-refractivity contribution in [3.63, 3.8) is 0 Å². The second-order valence-electron chi connectivity index (χ2n) is 3.18. The van der Waals surface area contributed by atoms with E-state index in [4.69, 9.17) is 5.73 Å². The minimum absolute atomic E-state index is 0.179. The van der Waals surface area contributed by atoms with Crippen molar-refractivity contribution >= 4 is 17.4 Å². The molecule has 0 aliphatic heterocycles. The van der Waals surface area contributed by atoms with Gasteiger partial charge in [-0.2, -0.15) is 8.78 Å². The molecule has 0 aromatic heterocycles. The molecule has 0 saturated carbocycles. The van der Waals surface area contributed by atoms with Crippen LogP contribution in [-0.2, 0) is 0 Å². The van der Waals surface area contributed by atoms with Gasteiger partial charge in [0.05, 0.1) is 0 Å². The summed E-state index contributed by atoms with van der Waals surface area (Å²) < 4.78 is 24.0. The summed E-state index contributed by atoms with van der Waals surface area (Å²) in [5.41, 5.74) is 6.34. The third-order valence-electron chi connectivity index (χ3n) is 1.85. The third-order valence-corrected chi connectivity index (χ3v) is 2.57. The number of alkyl halides is 2. The van der Waals surface area contributed by atoms with Crippen LogP contribution in [0.2, 0.25) is 0 Å². The van der Waals surface area contributed by atoms with Crippen LogP contribution in [-0.4, -0.2) is 18.3 Å². The lowest BCUT2D eigenvalue weighted by Crippen LogP contribution is -2.24. The second-order valence-corrected chi connectivity index (χ2v) is 4.25. The lowest BCUT2D eigenvalue weighted by molar-refractivity contribution is 0.252. The molecule has 1 rings (SSSR count). The summed E-state index contributed by atoms with van der Waals surface area (Å²) in [5, 5.41) is 3.15. The van der Waals surface area contributed by atoms with Crippen molar-refractivity contribution in [1.82, 2.24) is 0 Å². The molecule has 0 amide bonds. The van der Waals surface area contributed by atoms with Crippen molar-refractivity contribution in [2.45, 2.75) is 23.6 Å². The third kappa shape index (κ3) is 4.48. The first-order valence-corrected chi connectivity index (χ1v) is 5.51. The maximum Gasteiger partial charge on any atom is 0.288 e. The van der Waals surface area contributed by atoms with Crippen molar-refractivity contribution < 1.29 is 8.78 Å². The molecule has 0 radical (unpaired) electrons. The van der Waals surface area contributed by atoms with E-state index in [1.807, 2.05) is 6.92 Å². The topological polar surface area (TPSA) is 38.0 Å².